The summed E-state index contributed by atoms with van der Waals surface area (Å²) in [4.78, 5) is 0. The Labute approximate surface area is 77.9 Å². The van der Waals surface area contributed by atoms with Crippen molar-refractivity contribution < 1.29 is 5.21 Å². The molecule has 70 valence electrons. The van der Waals surface area contributed by atoms with E-state index in [1.54, 1.807) is 0 Å². The summed E-state index contributed by atoms with van der Waals surface area (Å²) in [6.07, 6.45) is 1.56. The SMILES string of the molecule is NCCCC(=NO)c1ccccc1. The average molecular weight is 178 g/mol. The highest BCUT2D eigenvalue weighted by molar-refractivity contribution is 6.00. The monoisotopic (exact) mass is 178 g/mol. The normalized spacial score (nSPS) is 11.6. The minimum atomic E-state index is 0.617. The molecule has 0 radical (unpaired) electrons. The van der Waals surface area contributed by atoms with Crippen LogP contribution in [0.5, 0.6) is 0 Å². The molecule has 0 unspecified atom stereocenters. The van der Waals surface area contributed by atoms with Gasteiger partial charge in [0.05, 0.1) is 5.71 Å². The number of hydrogen-bond acceptors (Lipinski definition) is 3. The van der Waals surface area contributed by atoms with Crippen molar-refractivity contribution in [1.82, 2.24) is 0 Å². The lowest BCUT2D eigenvalue weighted by atomic mass is 10.1. The number of rotatable bonds is 4. The third-order valence-corrected chi connectivity index (χ3v) is 1.85. The molecule has 0 aromatic heterocycles. The van der Waals surface area contributed by atoms with Crippen LogP contribution in [0.25, 0.3) is 0 Å². The number of nitrogens with two attached hydrogens (primary N) is 1. The molecule has 1 aromatic rings. The Balaban J connectivity index is 2.69. The molecule has 3 N–H and O–H groups in total. The summed E-state index contributed by atoms with van der Waals surface area (Å²) < 4.78 is 0. The van der Waals surface area contributed by atoms with Crippen molar-refractivity contribution in [2.45, 2.75) is 12.8 Å². The van der Waals surface area contributed by atoms with Crippen LogP contribution >= 0.6 is 0 Å². The van der Waals surface area contributed by atoms with Crippen LogP contribution in [-0.4, -0.2) is 17.5 Å². The molecule has 3 nitrogen and oxygen atoms in total. The molecule has 0 bridgehead atoms. The van der Waals surface area contributed by atoms with Gasteiger partial charge in [0.2, 0.25) is 0 Å². The Morgan fingerprint density at radius 3 is 2.54 bits per heavy atom. The summed E-state index contributed by atoms with van der Waals surface area (Å²) in [5, 5.41) is 12.0. The van der Waals surface area contributed by atoms with E-state index in [0.29, 0.717) is 12.3 Å². The van der Waals surface area contributed by atoms with Crippen molar-refractivity contribution in [2.24, 2.45) is 10.9 Å². The summed E-state index contributed by atoms with van der Waals surface area (Å²) in [5.41, 5.74) is 7.03. The van der Waals surface area contributed by atoms with E-state index < -0.39 is 0 Å². The molecule has 0 heterocycles. The zero-order valence-corrected chi connectivity index (χ0v) is 7.48. The van der Waals surface area contributed by atoms with E-state index in [4.69, 9.17) is 10.9 Å². The summed E-state index contributed by atoms with van der Waals surface area (Å²) in [7, 11) is 0. The Bertz CT molecular complexity index is 270. The topological polar surface area (TPSA) is 58.6 Å². The van der Waals surface area contributed by atoms with Crippen LogP contribution in [0.3, 0.4) is 0 Å². The van der Waals surface area contributed by atoms with E-state index in [-0.39, 0.29) is 0 Å². The van der Waals surface area contributed by atoms with E-state index in [1.165, 1.54) is 0 Å². The van der Waals surface area contributed by atoms with Crippen molar-refractivity contribution in [3.63, 3.8) is 0 Å². The molecule has 13 heavy (non-hydrogen) atoms. The molecule has 0 saturated heterocycles. The van der Waals surface area contributed by atoms with E-state index in [2.05, 4.69) is 5.16 Å². The fourth-order valence-corrected chi connectivity index (χ4v) is 1.15. The molecule has 1 rings (SSSR count). The Morgan fingerprint density at radius 2 is 2.00 bits per heavy atom. The average Bonchev–Trinajstić information content (AvgIpc) is 2.21. The van der Waals surface area contributed by atoms with Crippen molar-refractivity contribution in [3.05, 3.63) is 35.9 Å². The van der Waals surface area contributed by atoms with Gasteiger partial charge in [-0.05, 0) is 24.9 Å². The maximum Gasteiger partial charge on any atom is 0.0868 e. The van der Waals surface area contributed by atoms with Crippen LogP contribution in [0.1, 0.15) is 18.4 Å². The summed E-state index contributed by atoms with van der Waals surface area (Å²) in [6.45, 7) is 0.617. The molecule has 0 aliphatic carbocycles. The molecule has 1 aromatic carbocycles. The first kappa shape index (κ1) is 9.74. The van der Waals surface area contributed by atoms with Gasteiger partial charge < -0.3 is 10.9 Å². The third-order valence-electron chi connectivity index (χ3n) is 1.85. The quantitative estimate of drug-likeness (QED) is 0.418. The summed E-state index contributed by atoms with van der Waals surface area (Å²) >= 11 is 0. The number of benzene rings is 1. The number of oxime groups is 1. The maximum atomic E-state index is 8.75. The van der Waals surface area contributed by atoms with Gasteiger partial charge in [0.25, 0.3) is 0 Å². The van der Waals surface area contributed by atoms with Crippen LogP contribution < -0.4 is 5.73 Å². The van der Waals surface area contributed by atoms with E-state index in [9.17, 15) is 0 Å². The largest absolute Gasteiger partial charge is 0.411 e. The van der Waals surface area contributed by atoms with Crippen molar-refractivity contribution in [3.8, 4) is 0 Å². The molecule has 0 amide bonds. The van der Waals surface area contributed by atoms with Crippen LogP contribution in [0.2, 0.25) is 0 Å². The Kier molecular flexibility index (Phi) is 3.99. The van der Waals surface area contributed by atoms with Gasteiger partial charge in [0.15, 0.2) is 0 Å². The highest BCUT2D eigenvalue weighted by atomic mass is 16.4. The molecule has 0 atom stereocenters. The summed E-state index contributed by atoms with van der Waals surface area (Å²) in [6, 6.07) is 9.62. The molecular formula is C10H14N2O. The van der Waals surface area contributed by atoms with Crippen LogP contribution in [0.15, 0.2) is 35.5 Å². The minimum absolute atomic E-state index is 0.617. The van der Waals surface area contributed by atoms with Crippen LogP contribution in [0, 0.1) is 0 Å². The molecule has 3 heteroatoms. The van der Waals surface area contributed by atoms with Crippen molar-refractivity contribution in [2.75, 3.05) is 6.54 Å². The lowest BCUT2D eigenvalue weighted by molar-refractivity contribution is 0.318. The highest BCUT2D eigenvalue weighted by Crippen LogP contribution is 2.05. The fraction of sp³-hybridized carbons (Fsp3) is 0.300. The first-order chi connectivity index (χ1) is 6.38. The molecule has 0 aliphatic rings. The number of nitrogens with zero attached hydrogens (tertiary/aromatic N) is 1. The second kappa shape index (κ2) is 5.32. The fourth-order valence-electron chi connectivity index (χ4n) is 1.15. The molecule has 0 saturated carbocycles. The van der Waals surface area contributed by atoms with Gasteiger partial charge in [-0.15, -0.1) is 0 Å². The van der Waals surface area contributed by atoms with E-state index >= 15 is 0 Å². The number of hydrogen-bond donors (Lipinski definition) is 2. The van der Waals surface area contributed by atoms with E-state index in [0.717, 1.165) is 18.4 Å². The zero-order chi connectivity index (χ0) is 9.52. The van der Waals surface area contributed by atoms with Crippen molar-refractivity contribution >= 4 is 5.71 Å². The Morgan fingerprint density at radius 1 is 1.31 bits per heavy atom. The summed E-state index contributed by atoms with van der Waals surface area (Å²) in [5.74, 6) is 0. The Hall–Kier alpha value is -1.35. The predicted octanol–water partition coefficient (Wildman–Crippen LogP) is 1.60. The van der Waals surface area contributed by atoms with Gasteiger partial charge in [-0.25, -0.2) is 0 Å². The van der Waals surface area contributed by atoms with Gasteiger partial charge in [-0.1, -0.05) is 35.5 Å². The molecule has 0 spiro atoms. The molecular weight excluding hydrogens is 164 g/mol. The molecule has 0 fully saturated rings. The van der Waals surface area contributed by atoms with Crippen LogP contribution in [0.4, 0.5) is 0 Å². The standard InChI is InChI=1S/C10H14N2O/c11-8-4-7-10(12-13)9-5-2-1-3-6-9/h1-3,5-6,13H,4,7-8,11H2. The highest BCUT2D eigenvalue weighted by Gasteiger charge is 2.01. The second-order valence-electron chi connectivity index (χ2n) is 2.80. The lowest BCUT2D eigenvalue weighted by Gasteiger charge is -2.02. The minimum Gasteiger partial charge on any atom is -0.411 e. The smallest absolute Gasteiger partial charge is 0.0868 e. The predicted molar refractivity (Wildman–Crippen MR) is 53.1 cm³/mol. The first-order valence-electron chi connectivity index (χ1n) is 4.35. The van der Waals surface area contributed by atoms with Gasteiger partial charge in [-0.2, -0.15) is 0 Å². The molecule has 0 aliphatic heterocycles. The van der Waals surface area contributed by atoms with Crippen LogP contribution in [-0.2, 0) is 0 Å². The lowest BCUT2D eigenvalue weighted by Crippen LogP contribution is -2.05. The third kappa shape index (κ3) is 2.87. The van der Waals surface area contributed by atoms with Gasteiger partial charge >= 0.3 is 0 Å². The van der Waals surface area contributed by atoms with Gasteiger partial charge in [-0.3, -0.25) is 0 Å². The van der Waals surface area contributed by atoms with Gasteiger partial charge in [0.1, 0.15) is 0 Å². The first-order valence-corrected chi connectivity index (χ1v) is 4.35. The second-order valence-corrected chi connectivity index (χ2v) is 2.80. The maximum absolute atomic E-state index is 8.75. The van der Waals surface area contributed by atoms with Crippen molar-refractivity contribution in [1.29, 1.82) is 0 Å². The van der Waals surface area contributed by atoms with E-state index in [1.807, 2.05) is 30.3 Å². The van der Waals surface area contributed by atoms with Gasteiger partial charge in [0, 0.05) is 0 Å². The zero-order valence-electron chi connectivity index (χ0n) is 7.48.